The molecule has 2 nitrogen and oxygen atoms in total. The maximum absolute atomic E-state index is 12.1. The molecule has 1 N–H and O–H groups in total. The number of rotatable bonds is 17. The number of unbranched alkanes of at least 4 members (excludes halogenated alkanes) is 14. The number of hydrogen-bond acceptors (Lipinski definition) is 1. The van der Waals surface area contributed by atoms with Crippen LogP contribution in [-0.2, 0) is 4.79 Å². The standard InChI is InChI=1S/C25H49NO/c1-3-4-5-6-7-8-9-10-11-12-13-14-15-16-17-22-25(27)26-24-21-19-18-20-23(24)2/h23-24H,3-22H2,1-2H3,(H,26,27). The summed E-state index contributed by atoms with van der Waals surface area (Å²) in [5.41, 5.74) is 0. The number of amides is 1. The molecule has 0 saturated heterocycles. The van der Waals surface area contributed by atoms with Gasteiger partial charge in [0, 0.05) is 12.5 Å². The molecule has 1 saturated carbocycles. The Morgan fingerprint density at radius 1 is 0.704 bits per heavy atom. The van der Waals surface area contributed by atoms with Crippen molar-refractivity contribution in [3.8, 4) is 0 Å². The van der Waals surface area contributed by atoms with Crippen LogP contribution in [-0.4, -0.2) is 11.9 Å². The second kappa shape index (κ2) is 17.6. The highest BCUT2D eigenvalue weighted by Crippen LogP contribution is 2.23. The summed E-state index contributed by atoms with van der Waals surface area (Å²) in [6, 6.07) is 0.447. The van der Waals surface area contributed by atoms with Gasteiger partial charge < -0.3 is 5.32 Å². The van der Waals surface area contributed by atoms with E-state index < -0.39 is 0 Å². The van der Waals surface area contributed by atoms with Gasteiger partial charge in [0.15, 0.2) is 0 Å². The van der Waals surface area contributed by atoms with Gasteiger partial charge in [0.25, 0.3) is 0 Å². The molecule has 1 rings (SSSR count). The fourth-order valence-electron chi connectivity index (χ4n) is 4.47. The molecule has 0 aromatic rings. The van der Waals surface area contributed by atoms with Gasteiger partial charge >= 0.3 is 0 Å². The lowest BCUT2D eigenvalue weighted by molar-refractivity contribution is -0.122. The van der Waals surface area contributed by atoms with E-state index in [1.54, 1.807) is 0 Å². The van der Waals surface area contributed by atoms with Gasteiger partial charge in [-0.2, -0.15) is 0 Å². The maximum atomic E-state index is 12.1. The van der Waals surface area contributed by atoms with Crippen molar-refractivity contribution >= 4 is 5.91 Å². The van der Waals surface area contributed by atoms with Crippen molar-refractivity contribution in [2.24, 2.45) is 5.92 Å². The third-order valence-electron chi connectivity index (χ3n) is 6.47. The molecule has 0 aromatic carbocycles. The van der Waals surface area contributed by atoms with E-state index in [9.17, 15) is 4.79 Å². The molecular weight excluding hydrogens is 330 g/mol. The van der Waals surface area contributed by atoms with Crippen LogP contribution in [0.4, 0.5) is 0 Å². The van der Waals surface area contributed by atoms with Crippen LogP contribution in [0.3, 0.4) is 0 Å². The molecule has 2 unspecified atom stereocenters. The largest absolute Gasteiger partial charge is 0.353 e. The van der Waals surface area contributed by atoms with Crippen LogP contribution in [0.5, 0.6) is 0 Å². The molecule has 0 aliphatic heterocycles. The van der Waals surface area contributed by atoms with Crippen molar-refractivity contribution < 1.29 is 4.79 Å². The highest BCUT2D eigenvalue weighted by molar-refractivity contribution is 5.76. The smallest absolute Gasteiger partial charge is 0.220 e. The van der Waals surface area contributed by atoms with Crippen molar-refractivity contribution in [3.05, 3.63) is 0 Å². The Balaban J connectivity index is 1.78. The summed E-state index contributed by atoms with van der Waals surface area (Å²) in [4.78, 5) is 12.1. The van der Waals surface area contributed by atoms with E-state index in [-0.39, 0.29) is 0 Å². The molecule has 160 valence electrons. The molecule has 1 amide bonds. The van der Waals surface area contributed by atoms with E-state index in [0.717, 1.165) is 12.8 Å². The Morgan fingerprint density at radius 3 is 1.63 bits per heavy atom. The van der Waals surface area contributed by atoms with E-state index >= 15 is 0 Å². The first kappa shape index (κ1) is 24.5. The minimum Gasteiger partial charge on any atom is -0.353 e. The summed E-state index contributed by atoms with van der Waals surface area (Å²) in [6.07, 6.45) is 26.5. The van der Waals surface area contributed by atoms with Crippen LogP contribution >= 0.6 is 0 Å². The summed E-state index contributed by atoms with van der Waals surface area (Å²) in [5.74, 6) is 0.965. The highest BCUT2D eigenvalue weighted by atomic mass is 16.1. The predicted octanol–water partition coefficient (Wildman–Crippen LogP) is 7.94. The third-order valence-corrected chi connectivity index (χ3v) is 6.47. The fourth-order valence-corrected chi connectivity index (χ4v) is 4.47. The van der Waals surface area contributed by atoms with Crippen LogP contribution in [0.2, 0.25) is 0 Å². The van der Waals surface area contributed by atoms with Crippen molar-refractivity contribution in [2.45, 2.75) is 148 Å². The van der Waals surface area contributed by atoms with Crippen LogP contribution in [0.1, 0.15) is 142 Å². The normalized spacial score (nSPS) is 19.9. The number of carbonyl (C=O) groups excluding carboxylic acids is 1. The Kier molecular flexibility index (Phi) is 15.9. The fraction of sp³-hybridized carbons (Fsp3) is 0.960. The van der Waals surface area contributed by atoms with Crippen molar-refractivity contribution in [2.75, 3.05) is 0 Å². The van der Waals surface area contributed by atoms with E-state index in [1.165, 1.54) is 116 Å². The molecular formula is C25H49NO. The second-order valence-electron chi connectivity index (χ2n) is 9.14. The molecule has 0 spiro atoms. The van der Waals surface area contributed by atoms with E-state index in [2.05, 4.69) is 19.2 Å². The Hall–Kier alpha value is -0.530. The average molecular weight is 380 g/mol. The first-order valence-electron chi connectivity index (χ1n) is 12.5. The predicted molar refractivity (Wildman–Crippen MR) is 119 cm³/mol. The van der Waals surface area contributed by atoms with Crippen molar-refractivity contribution in [1.29, 1.82) is 0 Å². The summed E-state index contributed by atoms with van der Waals surface area (Å²) in [7, 11) is 0. The summed E-state index contributed by atoms with van der Waals surface area (Å²) in [6.45, 7) is 4.58. The van der Waals surface area contributed by atoms with Crippen LogP contribution in [0, 0.1) is 5.92 Å². The first-order chi connectivity index (χ1) is 13.2. The zero-order chi connectivity index (χ0) is 19.6. The van der Waals surface area contributed by atoms with Crippen LogP contribution < -0.4 is 5.32 Å². The molecule has 2 heteroatoms. The lowest BCUT2D eigenvalue weighted by Gasteiger charge is -2.29. The second-order valence-corrected chi connectivity index (χ2v) is 9.14. The lowest BCUT2D eigenvalue weighted by atomic mass is 9.86. The third kappa shape index (κ3) is 14.2. The summed E-state index contributed by atoms with van der Waals surface area (Å²) in [5, 5.41) is 3.28. The number of nitrogens with one attached hydrogen (secondary N) is 1. The molecule has 2 atom stereocenters. The van der Waals surface area contributed by atoms with Gasteiger partial charge in [-0.3, -0.25) is 4.79 Å². The molecule has 1 aliphatic rings. The number of carbonyl (C=O) groups is 1. The Bertz CT molecular complexity index is 341. The highest BCUT2D eigenvalue weighted by Gasteiger charge is 2.22. The molecule has 0 aromatic heterocycles. The first-order valence-corrected chi connectivity index (χ1v) is 12.5. The zero-order valence-corrected chi connectivity index (χ0v) is 18.7. The molecule has 1 fully saturated rings. The quantitative estimate of drug-likeness (QED) is 0.255. The monoisotopic (exact) mass is 379 g/mol. The van der Waals surface area contributed by atoms with E-state index in [1.807, 2.05) is 0 Å². The minimum atomic E-state index is 0.295. The van der Waals surface area contributed by atoms with Gasteiger partial charge in [0.2, 0.25) is 5.91 Å². The van der Waals surface area contributed by atoms with E-state index in [4.69, 9.17) is 0 Å². The minimum absolute atomic E-state index is 0.295. The molecule has 0 radical (unpaired) electrons. The van der Waals surface area contributed by atoms with Gasteiger partial charge in [-0.1, -0.05) is 117 Å². The SMILES string of the molecule is CCCCCCCCCCCCCCCCCC(=O)NC1CCCCC1C. The topological polar surface area (TPSA) is 29.1 Å². The van der Waals surface area contributed by atoms with Crippen molar-refractivity contribution in [1.82, 2.24) is 5.32 Å². The lowest BCUT2D eigenvalue weighted by Crippen LogP contribution is -2.40. The van der Waals surface area contributed by atoms with Gasteiger partial charge in [-0.25, -0.2) is 0 Å². The maximum Gasteiger partial charge on any atom is 0.220 e. The summed E-state index contributed by atoms with van der Waals surface area (Å²) < 4.78 is 0. The van der Waals surface area contributed by atoms with Crippen LogP contribution in [0.15, 0.2) is 0 Å². The Morgan fingerprint density at radius 2 is 1.15 bits per heavy atom. The molecule has 0 heterocycles. The van der Waals surface area contributed by atoms with Crippen LogP contribution in [0.25, 0.3) is 0 Å². The number of hydrogen-bond donors (Lipinski definition) is 1. The van der Waals surface area contributed by atoms with Gasteiger partial charge in [-0.15, -0.1) is 0 Å². The molecule has 27 heavy (non-hydrogen) atoms. The Labute approximate surface area is 170 Å². The zero-order valence-electron chi connectivity index (χ0n) is 18.7. The summed E-state index contributed by atoms with van der Waals surface area (Å²) >= 11 is 0. The van der Waals surface area contributed by atoms with E-state index in [0.29, 0.717) is 17.9 Å². The average Bonchev–Trinajstić information content (AvgIpc) is 2.66. The molecule has 0 bridgehead atoms. The van der Waals surface area contributed by atoms with Gasteiger partial charge in [0.05, 0.1) is 0 Å². The molecule has 1 aliphatic carbocycles. The van der Waals surface area contributed by atoms with Crippen molar-refractivity contribution in [3.63, 3.8) is 0 Å². The van der Waals surface area contributed by atoms with Gasteiger partial charge in [-0.05, 0) is 25.2 Å². The van der Waals surface area contributed by atoms with Gasteiger partial charge in [0.1, 0.15) is 0 Å².